The second kappa shape index (κ2) is 12.6. The highest BCUT2D eigenvalue weighted by atomic mass is 32.1. The molecule has 8 heteroatoms. The first-order valence-electron chi connectivity index (χ1n) is 20.4. The highest BCUT2D eigenvalue weighted by Crippen LogP contribution is 2.78. The van der Waals surface area contributed by atoms with Crippen LogP contribution in [0.2, 0.25) is 0 Å². The molecule has 2 heterocycles. The molecule has 1 aliphatic heterocycles. The van der Waals surface area contributed by atoms with Crippen molar-refractivity contribution < 1.29 is 29.3 Å². The van der Waals surface area contributed by atoms with Crippen molar-refractivity contribution in [3.8, 4) is 5.75 Å². The third-order valence-electron chi connectivity index (χ3n) is 15.7. The maximum absolute atomic E-state index is 15.1. The first kappa shape index (κ1) is 35.6. The summed E-state index contributed by atoms with van der Waals surface area (Å²) in [7, 11) is 0. The number of rotatable bonds is 7. The Morgan fingerprint density at radius 2 is 1.62 bits per heavy atom. The monoisotopic (exact) mass is 757 g/mol. The summed E-state index contributed by atoms with van der Waals surface area (Å²) in [4.78, 5) is 31.8. The van der Waals surface area contributed by atoms with E-state index in [0.29, 0.717) is 31.7 Å². The summed E-state index contributed by atoms with van der Waals surface area (Å²) in [5, 5.41) is 27.4. The lowest BCUT2D eigenvalue weighted by Crippen LogP contribution is -2.67. The Hall–Kier alpha value is -3.82. The summed E-state index contributed by atoms with van der Waals surface area (Å²) < 4.78 is 13.2. The second-order valence-corrected chi connectivity index (χ2v) is 19.3. The van der Waals surface area contributed by atoms with Crippen LogP contribution in [-0.2, 0) is 4.74 Å². The Morgan fingerprint density at radius 1 is 0.873 bits per heavy atom. The van der Waals surface area contributed by atoms with Crippen LogP contribution in [0.5, 0.6) is 5.75 Å². The molecule has 1 aromatic heterocycles. The SMILES string of the molecule is C[C@]12CC[C@H]3[C@]4(C=C[C@@]5(C=C4C(=O)c4cc6ccccc6s4)CC(O)CC[C@]35C)[C@@H]1CC[C@@]2(O)CN(C[C@H]1CCCO1)C(=O)Oc1ccc2ccccc2c1. The van der Waals surface area contributed by atoms with E-state index in [1.807, 2.05) is 60.7 Å². The maximum atomic E-state index is 15.1. The number of carbonyl (C=O) groups excluding carboxylic acids is 2. The van der Waals surface area contributed by atoms with Gasteiger partial charge in [0.1, 0.15) is 5.75 Å². The number of carbonyl (C=O) groups is 2. The van der Waals surface area contributed by atoms with Crippen molar-refractivity contribution >= 4 is 44.1 Å². The molecule has 0 radical (unpaired) electrons. The standard InChI is InChI=1S/C47H51NO6S/c1-43-18-15-33(49)26-45(43)21-22-47(36(27-45)41(50)38-25-32-10-5-6-12-37(32)55-38)39(43)16-19-44(2)40(47)17-20-46(44,52)29-48(28-35-11-7-23-53-35)42(51)54-34-14-13-30-8-3-4-9-31(30)24-34/h3-6,8-10,12-14,21-22,24-25,27,33,35,39-40,49,52H,7,11,15-20,23,26,28-29H2,1-2H3/t33?,35-,39-,40-,43-,44+,45+,46-,47-/m1/s1. The number of aliphatic hydroxyl groups is 2. The van der Waals surface area contributed by atoms with E-state index < -0.39 is 34.0 Å². The molecule has 286 valence electrons. The molecular formula is C47H51NO6S. The van der Waals surface area contributed by atoms with Gasteiger partial charge in [0.25, 0.3) is 0 Å². The Bertz CT molecular complexity index is 2240. The number of hydrogen-bond donors (Lipinski definition) is 2. The molecule has 2 N–H and O–H groups in total. The van der Waals surface area contributed by atoms with E-state index in [9.17, 15) is 15.0 Å². The quantitative estimate of drug-likeness (QED) is 0.144. The molecule has 55 heavy (non-hydrogen) atoms. The van der Waals surface area contributed by atoms with Gasteiger partial charge in [-0.3, -0.25) is 4.79 Å². The maximum Gasteiger partial charge on any atom is 0.415 e. The van der Waals surface area contributed by atoms with Crippen LogP contribution in [0.3, 0.4) is 0 Å². The van der Waals surface area contributed by atoms with Gasteiger partial charge in [0.05, 0.1) is 35.8 Å². The summed E-state index contributed by atoms with van der Waals surface area (Å²) in [6.45, 7) is 5.79. The van der Waals surface area contributed by atoms with Crippen molar-refractivity contribution in [1.29, 1.82) is 0 Å². The van der Waals surface area contributed by atoms with E-state index in [0.717, 1.165) is 76.3 Å². The van der Waals surface area contributed by atoms with Gasteiger partial charge in [0, 0.05) is 33.1 Å². The zero-order chi connectivity index (χ0) is 37.8. The Kier molecular flexibility index (Phi) is 8.15. The average Bonchev–Trinajstić information content (AvgIpc) is 3.92. The van der Waals surface area contributed by atoms with Crippen LogP contribution in [0.25, 0.3) is 20.9 Å². The highest BCUT2D eigenvalue weighted by Gasteiger charge is 2.74. The van der Waals surface area contributed by atoms with E-state index >= 15 is 4.79 Å². The second-order valence-electron chi connectivity index (χ2n) is 18.2. The van der Waals surface area contributed by atoms with Crippen LogP contribution in [0.15, 0.2) is 96.6 Å². The van der Waals surface area contributed by atoms with Gasteiger partial charge >= 0.3 is 6.09 Å². The number of nitrogens with zero attached hydrogens (tertiary/aromatic N) is 1. The molecule has 1 amide bonds. The molecule has 9 atom stereocenters. The van der Waals surface area contributed by atoms with Crippen LogP contribution in [0.4, 0.5) is 4.79 Å². The number of hydrogen-bond acceptors (Lipinski definition) is 7. The Morgan fingerprint density at radius 3 is 2.42 bits per heavy atom. The molecule has 7 aliphatic rings. The Balaban J connectivity index is 1.02. The van der Waals surface area contributed by atoms with Gasteiger partial charge in [-0.05, 0) is 115 Å². The average molecular weight is 758 g/mol. The molecule has 3 aromatic carbocycles. The Labute approximate surface area is 327 Å². The van der Waals surface area contributed by atoms with E-state index in [1.165, 1.54) is 0 Å². The number of amides is 1. The van der Waals surface area contributed by atoms with Crippen LogP contribution >= 0.6 is 11.3 Å². The van der Waals surface area contributed by atoms with Crippen molar-refractivity contribution in [1.82, 2.24) is 4.90 Å². The summed E-state index contributed by atoms with van der Waals surface area (Å²) in [5.41, 5.74) is -2.05. The van der Waals surface area contributed by atoms with Gasteiger partial charge in [-0.25, -0.2) is 4.79 Å². The minimum absolute atomic E-state index is 0.0207. The number of allylic oxidation sites excluding steroid dienone is 4. The van der Waals surface area contributed by atoms with E-state index in [1.54, 1.807) is 16.2 Å². The highest BCUT2D eigenvalue weighted by molar-refractivity contribution is 7.21. The molecule has 1 saturated heterocycles. The summed E-state index contributed by atoms with van der Waals surface area (Å²) in [5.74, 6) is 0.724. The van der Waals surface area contributed by atoms with Crippen molar-refractivity contribution in [3.05, 3.63) is 101 Å². The minimum Gasteiger partial charge on any atom is -0.410 e. The van der Waals surface area contributed by atoms with Gasteiger partial charge in [0.15, 0.2) is 5.78 Å². The smallest absolute Gasteiger partial charge is 0.410 e. The number of ether oxygens (including phenoxy) is 2. The lowest BCUT2D eigenvalue weighted by Gasteiger charge is -2.71. The zero-order valence-corrected chi connectivity index (χ0v) is 32.7. The van der Waals surface area contributed by atoms with Crippen LogP contribution < -0.4 is 4.74 Å². The molecule has 3 saturated carbocycles. The third-order valence-corrected chi connectivity index (χ3v) is 16.8. The van der Waals surface area contributed by atoms with Crippen molar-refractivity contribution in [2.75, 3.05) is 19.7 Å². The fraction of sp³-hybridized carbons (Fsp3) is 0.489. The van der Waals surface area contributed by atoms with E-state index in [2.05, 4.69) is 44.2 Å². The van der Waals surface area contributed by atoms with Gasteiger partial charge in [0.2, 0.25) is 0 Å². The fourth-order valence-corrected chi connectivity index (χ4v) is 13.8. The lowest BCUT2D eigenvalue weighted by molar-refractivity contribution is -0.175. The van der Waals surface area contributed by atoms with Gasteiger partial charge in [-0.2, -0.15) is 0 Å². The van der Waals surface area contributed by atoms with E-state index in [4.69, 9.17) is 9.47 Å². The topological polar surface area (TPSA) is 96.3 Å². The van der Waals surface area contributed by atoms with Crippen LogP contribution in [-0.4, -0.2) is 64.5 Å². The molecule has 2 spiro atoms. The predicted octanol–water partition coefficient (Wildman–Crippen LogP) is 9.51. The number of ketones is 1. The third kappa shape index (κ3) is 5.16. The first-order chi connectivity index (χ1) is 26.5. The number of Topliss-reactive ketones (excluding diaryl/α,β-unsaturated/α-hetero) is 1. The summed E-state index contributed by atoms with van der Waals surface area (Å²) >= 11 is 1.56. The molecular weight excluding hydrogens is 707 g/mol. The lowest BCUT2D eigenvalue weighted by atomic mass is 9.32. The number of thiophene rings is 1. The van der Waals surface area contributed by atoms with Crippen molar-refractivity contribution in [2.24, 2.45) is 33.5 Å². The largest absolute Gasteiger partial charge is 0.415 e. The molecule has 6 aliphatic carbocycles. The zero-order valence-electron chi connectivity index (χ0n) is 31.8. The molecule has 7 nitrogen and oxygen atoms in total. The number of fused-ring (bicyclic) bond motifs is 3. The van der Waals surface area contributed by atoms with Gasteiger partial charge < -0.3 is 24.6 Å². The van der Waals surface area contributed by atoms with Gasteiger partial charge in [-0.1, -0.05) is 80.6 Å². The minimum atomic E-state index is -1.21. The van der Waals surface area contributed by atoms with E-state index in [-0.39, 0.29) is 35.7 Å². The normalized spacial score (nSPS) is 37.3. The first-order valence-corrected chi connectivity index (χ1v) is 21.2. The van der Waals surface area contributed by atoms with Gasteiger partial charge in [-0.15, -0.1) is 11.3 Å². The summed E-state index contributed by atoms with van der Waals surface area (Å²) in [6, 6.07) is 23.9. The molecule has 4 fully saturated rings. The molecule has 4 aromatic rings. The van der Waals surface area contributed by atoms with Crippen LogP contribution in [0.1, 0.15) is 81.3 Å². The molecule has 2 bridgehead atoms. The van der Waals surface area contributed by atoms with Crippen molar-refractivity contribution in [2.45, 2.75) is 89.4 Å². The predicted molar refractivity (Wildman–Crippen MR) is 215 cm³/mol. The number of aliphatic hydroxyl groups excluding tert-OH is 1. The summed E-state index contributed by atoms with van der Waals surface area (Å²) in [6.07, 6.45) is 13.0. The number of benzene rings is 3. The molecule has 1 unspecified atom stereocenters. The molecule has 11 rings (SSSR count). The fourth-order valence-electron chi connectivity index (χ4n) is 12.8. The van der Waals surface area contributed by atoms with Crippen molar-refractivity contribution in [3.63, 3.8) is 0 Å². The van der Waals surface area contributed by atoms with Crippen LogP contribution in [0, 0.1) is 33.5 Å².